The van der Waals surface area contributed by atoms with Crippen LogP contribution in [0.1, 0.15) is 12.0 Å². The molecule has 8 heteroatoms. The van der Waals surface area contributed by atoms with Crippen molar-refractivity contribution in [1.29, 1.82) is 0 Å². The summed E-state index contributed by atoms with van der Waals surface area (Å²) in [4.78, 5) is 12.9. The average molecular weight is 379 g/mol. The zero-order valence-corrected chi connectivity index (χ0v) is 10.1. The highest BCUT2D eigenvalue weighted by Crippen LogP contribution is 2.31. The van der Waals surface area contributed by atoms with E-state index in [0.29, 0.717) is 3.57 Å². The minimum Gasteiger partial charge on any atom is -0.358 e. The van der Waals surface area contributed by atoms with Crippen LogP contribution in [0.2, 0.25) is 0 Å². The third kappa shape index (κ3) is 2.35. The van der Waals surface area contributed by atoms with Gasteiger partial charge in [0.25, 0.3) is 6.43 Å². The molecule has 1 heterocycles. The van der Waals surface area contributed by atoms with Crippen molar-refractivity contribution < 1.29 is 13.7 Å². The van der Waals surface area contributed by atoms with Crippen molar-refractivity contribution >= 4 is 44.3 Å². The predicted octanol–water partition coefficient (Wildman–Crippen LogP) is 3.29. The van der Waals surface area contributed by atoms with Crippen LogP contribution < -0.4 is 0 Å². The Morgan fingerprint density at radius 3 is 2.64 bits per heavy atom. The molecule has 0 saturated heterocycles. The van der Waals surface area contributed by atoms with Gasteiger partial charge < -0.3 is 10.1 Å². The highest BCUT2D eigenvalue weighted by atomic mass is 127. The molecule has 0 amide bonds. The number of halogens is 4. The van der Waals surface area contributed by atoms with Crippen molar-refractivity contribution in [1.82, 2.24) is 4.98 Å². The lowest BCUT2D eigenvalue weighted by molar-refractivity contribution is -0.391. The summed E-state index contributed by atoms with van der Waals surface area (Å²) in [6, 6.07) is 1.04. The van der Waals surface area contributed by atoms with Gasteiger partial charge in [-0.3, -0.25) is 0 Å². The molecule has 0 unspecified atom stereocenters. The number of alkyl halides is 2. The van der Waals surface area contributed by atoms with Gasteiger partial charge in [-0.05, 0) is 38.6 Å². The second kappa shape index (κ2) is 4.43. The molecule has 0 atom stereocenters. The molecule has 0 radical (unpaired) electrons. The molecule has 1 aromatic rings. The van der Waals surface area contributed by atoms with Gasteiger partial charge >= 0.3 is 5.82 Å². The van der Waals surface area contributed by atoms with Gasteiger partial charge in [0.05, 0.1) is 3.57 Å². The van der Waals surface area contributed by atoms with E-state index >= 15 is 0 Å². The number of rotatable bonds is 2. The summed E-state index contributed by atoms with van der Waals surface area (Å²) in [5.41, 5.74) is -0.664. The Hall–Kier alpha value is -0.380. The number of hydrogen-bond acceptors (Lipinski definition) is 3. The van der Waals surface area contributed by atoms with E-state index in [0.717, 1.165) is 6.07 Å². The first-order chi connectivity index (χ1) is 6.43. The van der Waals surface area contributed by atoms with Crippen LogP contribution >= 0.6 is 38.5 Å². The van der Waals surface area contributed by atoms with E-state index in [4.69, 9.17) is 0 Å². The van der Waals surface area contributed by atoms with Crippen molar-refractivity contribution in [2.24, 2.45) is 0 Å². The summed E-state index contributed by atoms with van der Waals surface area (Å²) < 4.78 is 25.3. The van der Waals surface area contributed by atoms with Gasteiger partial charge in [0, 0.05) is 15.9 Å². The highest BCUT2D eigenvalue weighted by molar-refractivity contribution is 14.1. The van der Waals surface area contributed by atoms with Gasteiger partial charge in [-0.25, -0.2) is 8.78 Å². The van der Waals surface area contributed by atoms with E-state index in [-0.39, 0.29) is 4.60 Å². The summed E-state index contributed by atoms with van der Waals surface area (Å²) in [6.07, 6.45) is -2.90. The summed E-state index contributed by atoms with van der Waals surface area (Å²) in [7, 11) is 0. The molecule has 1 aromatic heterocycles. The molecule has 14 heavy (non-hydrogen) atoms. The molecule has 0 aliphatic heterocycles. The van der Waals surface area contributed by atoms with Crippen LogP contribution in [0.25, 0.3) is 0 Å². The van der Waals surface area contributed by atoms with Crippen LogP contribution in [-0.4, -0.2) is 9.91 Å². The minimum atomic E-state index is -2.90. The Balaban J connectivity index is 3.39. The normalized spacial score (nSPS) is 10.6. The Kier molecular flexibility index (Phi) is 3.70. The lowest BCUT2D eigenvalue weighted by atomic mass is 10.3. The second-order valence-corrected chi connectivity index (χ2v) is 4.14. The summed E-state index contributed by atoms with van der Waals surface area (Å²) in [5, 5.41) is 10.4. The first kappa shape index (κ1) is 11.7. The fourth-order valence-corrected chi connectivity index (χ4v) is 1.52. The SMILES string of the molecule is O=[N+]([O-])c1nc(Br)c(I)cc1C(F)F. The predicted molar refractivity (Wildman–Crippen MR) is 56.3 cm³/mol. The van der Waals surface area contributed by atoms with Crippen LogP contribution in [-0.2, 0) is 0 Å². The van der Waals surface area contributed by atoms with Crippen LogP contribution in [0.15, 0.2) is 10.7 Å². The summed E-state index contributed by atoms with van der Waals surface area (Å²) in [5.74, 6) is -0.813. The summed E-state index contributed by atoms with van der Waals surface area (Å²) in [6.45, 7) is 0. The number of aromatic nitrogens is 1. The molecule has 0 fully saturated rings. The number of nitro groups is 1. The number of nitrogens with zero attached hydrogens (tertiary/aromatic N) is 2. The molecule has 0 aromatic carbocycles. The van der Waals surface area contributed by atoms with Gasteiger partial charge in [0.1, 0.15) is 5.56 Å². The van der Waals surface area contributed by atoms with Gasteiger partial charge in [0.15, 0.2) is 0 Å². The van der Waals surface area contributed by atoms with E-state index in [9.17, 15) is 18.9 Å². The van der Waals surface area contributed by atoms with Crippen molar-refractivity contribution in [3.63, 3.8) is 0 Å². The fraction of sp³-hybridized carbons (Fsp3) is 0.167. The van der Waals surface area contributed by atoms with Gasteiger partial charge in [0.2, 0.25) is 4.60 Å². The summed E-state index contributed by atoms with van der Waals surface area (Å²) >= 11 is 4.69. The molecular weight excluding hydrogens is 377 g/mol. The van der Waals surface area contributed by atoms with E-state index in [2.05, 4.69) is 20.9 Å². The molecule has 4 nitrogen and oxygen atoms in total. The molecule has 0 saturated carbocycles. The zero-order chi connectivity index (χ0) is 10.9. The van der Waals surface area contributed by atoms with Crippen LogP contribution in [0.3, 0.4) is 0 Å². The van der Waals surface area contributed by atoms with E-state index in [1.807, 2.05) is 0 Å². The van der Waals surface area contributed by atoms with Crippen molar-refractivity contribution in [3.8, 4) is 0 Å². The van der Waals surface area contributed by atoms with Gasteiger partial charge in [-0.15, -0.1) is 0 Å². The Morgan fingerprint density at radius 1 is 1.64 bits per heavy atom. The monoisotopic (exact) mass is 378 g/mol. The fourth-order valence-electron chi connectivity index (χ4n) is 0.778. The standard InChI is InChI=1S/C6H2BrF2IN2O2/c7-4-3(10)1-2(5(8)9)6(11-4)12(13)14/h1,5H. The quantitative estimate of drug-likeness (QED) is 0.343. The Morgan fingerprint density at radius 2 is 2.21 bits per heavy atom. The molecular formula is C6H2BrF2IN2O2. The Bertz CT molecular complexity index is 388. The van der Waals surface area contributed by atoms with E-state index in [1.165, 1.54) is 0 Å². The van der Waals surface area contributed by atoms with E-state index in [1.54, 1.807) is 22.6 Å². The topological polar surface area (TPSA) is 56.0 Å². The smallest absolute Gasteiger partial charge is 0.358 e. The Labute approximate surface area is 99.1 Å². The van der Waals surface area contributed by atoms with Crippen molar-refractivity contribution in [2.45, 2.75) is 6.43 Å². The van der Waals surface area contributed by atoms with Gasteiger partial charge in [-0.1, -0.05) is 0 Å². The highest BCUT2D eigenvalue weighted by Gasteiger charge is 2.25. The molecule has 0 spiro atoms. The molecule has 0 N–H and O–H groups in total. The minimum absolute atomic E-state index is 0.189. The molecule has 1 rings (SSSR count). The van der Waals surface area contributed by atoms with E-state index < -0.39 is 22.7 Å². The molecule has 76 valence electrons. The first-order valence-corrected chi connectivity index (χ1v) is 5.09. The van der Waals surface area contributed by atoms with Crippen LogP contribution in [0.4, 0.5) is 14.6 Å². The van der Waals surface area contributed by atoms with Crippen LogP contribution in [0, 0.1) is 13.7 Å². The van der Waals surface area contributed by atoms with Crippen LogP contribution in [0.5, 0.6) is 0 Å². The zero-order valence-electron chi connectivity index (χ0n) is 6.38. The first-order valence-electron chi connectivity index (χ1n) is 3.22. The number of pyridine rings is 1. The molecule has 0 aliphatic carbocycles. The molecule has 0 bridgehead atoms. The van der Waals surface area contributed by atoms with Crippen molar-refractivity contribution in [2.75, 3.05) is 0 Å². The maximum absolute atomic E-state index is 12.3. The third-order valence-corrected chi connectivity index (χ3v) is 3.52. The maximum atomic E-state index is 12.3. The third-order valence-electron chi connectivity index (χ3n) is 1.35. The lowest BCUT2D eigenvalue weighted by Gasteiger charge is -2.01. The van der Waals surface area contributed by atoms with Gasteiger partial charge in [-0.2, -0.15) is 0 Å². The maximum Gasteiger partial charge on any atom is 0.373 e. The average Bonchev–Trinajstić information content (AvgIpc) is 2.08. The molecule has 0 aliphatic rings. The van der Waals surface area contributed by atoms with Crippen molar-refractivity contribution in [3.05, 3.63) is 29.9 Å². The number of hydrogen-bond donors (Lipinski definition) is 0. The lowest BCUT2D eigenvalue weighted by Crippen LogP contribution is -2.00. The second-order valence-electron chi connectivity index (χ2n) is 2.23. The largest absolute Gasteiger partial charge is 0.373 e.